The minimum Gasteiger partial charge on any atom is -0.481 e. The maximum absolute atomic E-state index is 11.9. The van der Waals surface area contributed by atoms with Crippen LogP contribution < -0.4 is 0 Å². The molecule has 0 fully saturated rings. The average molecular weight is 244 g/mol. The van der Waals surface area contributed by atoms with Gasteiger partial charge in [-0.25, -0.2) is 4.79 Å². The van der Waals surface area contributed by atoms with Crippen LogP contribution in [0.3, 0.4) is 0 Å². The molecule has 0 radical (unpaired) electrons. The number of urea groups is 1. The third kappa shape index (κ3) is 6.81. The first-order valence-electron chi connectivity index (χ1n) is 6.06. The molecule has 2 amide bonds. The smallest absolute Gasteiger partial charge is 0.319 e. The van der Waals surface area contributed by atoms with Gasteiger partial charge in [-0.1, -0.05) is 20.3 Å². The van der Waals surface area contributed by atoms with Crippen molar-refractivity contribution in [3.05, 3.63) is 0 Å². The predicted octanol–water partition coefficient (Wildman–Crippen LogP) is 1.88. The highest BCUT2D eigenvalue weighted by Gasteiger charge is 2.15. The van der Waals surface area contributed by atoms with E-state index in [1.54, 1.807) is 23.9 Å². The SMILES string of the molecule is CCC(C)CN(C)C(=O)N(C)CCCC(=O)O. The maximum Gasteiger partial charge on any atom is 0.319 e. The lowest BCUT2D eigenvalue weighted by molar-refractivity contribution is -0.137. The fraction of sp³-hybridized carbons (Fsp3) is 0.833. The number of hydrogen-bond acceptors (Lipinski definition) is 2. The lowest BCUT2D eigenvalue weighted by Gasteiger charge is -2.26. The number of nitrogens with zero attached hydrogens (tertiary/aromatic N) is 2. The first-order chi connectivity index (χ1) is 7.88. The summed E-state index contributed by atoms with van der Waals surface area (Å²) in [5, 5.41) is 8.51. The Hall–Kier alpha value is -1.26. The Morgan fingerprint density at radius 2 is 1.82 bits per heavy atom. The number of carbonyl (C=O) groups is 2. The van der Waals surface area contributed by atoms with Crippen LogP contribution in [0.4, 0.5) is 4.79 Å². The highest BCUT2D eigenvalue weighted by molar-refractivity contribution is 5.74. The number of carbonyl (C=O) groups excluding carboxylic acids is 1. The monoisotopic (exact) mass is 244 g/mol. The van der Waals surface area contributed by atoms with E-state index in [0.717, 1.165) is 13.0 Å². The van der Waals surface area contributed by atoms with Crippen LogP contribution in [0.25, 0.3) is 0 Å². The van der Waals surface area contributed by atoms with Crippen LogP contribution in [0.1, 0.15) is 33.1 Å². The second-order valence-electron chi connectivity index (χ2n) is 4.60. The summed E-state index contributed by atoms with van der Waals surface area (Å²) in [7, 11) is 3.49. The van der Waals surface area contributed by atoms with Crippen molar-refractivity contribution < 1.29 is 14.7 Å². The second-order valence-corrected chi connectivity index (χ2v) is 4.60. The van der Waals surface area contributed by atoms with Gasteiger partial charge in [-0.2, -0.15) is 0 Å². The molecule has 0 aliphatic carbocycles. The molecule has 5 heteroatoms. The maximum atomic E-state index is 11.9. The Labute approximate surface area is 103 Å². The molecule has 0 rings (SSSR count). The van der Waals surface area contributed by atoms with Crippen molar-refractivity contribution in [2.45, 2.75) is 33.1 Å². The molecule has 0 aliphatic rings. The van der Waals surface area contributed by atoms with Crippen LogP contribution in [0.5, 0.6) is 0 Å². The molecule has 0 bridgehead atoms. The van der Waals surface area contributed by atoms with Gasteiger partial charge in [0.1, 0.15) is 0 Å². The van der Waals surface area contributed by atoms with Crippen molar-refractivity contribution in [3.63, 3.8) is 0 Å². The molecule has 0 aliphatic heterocycles. The zero-order chi connectivity index (χ0) is 13.4. The van der Waals surface area contributed by atoms with Gasteiger partial charge < -0.3 is 14.9 Å². The molecule has 1 atom stereocenters. The molecule has 100 valence electrons. The Kier molecular flexibility index (Phi) is 7.34. The van der Waals surface area contributed by atoms with Crippen molar-refractivity contribution in [1.82, 2.24) is 9.80 Å². The Morgan fingerprint density at radius 1 is 1.24 bits per heavy atom. The second kappa shape index (κ2) is 7.92. The van der Waals surface area contributed by atoms with Gasteiger partial charge in [0.15, 0.2) is 0 Å². The topological polar surface area (TPSA) is 60.9 Å². The minimum absolute atomic E-state index is 0.0457. The summed E-state index contributed by atoms with van der Waals surface area (Å²) in [6, 6.07) is -0.0457. The molecule has 0 aromatic carbocycles. The first kappa shape index (κ1) is 15.7. The van der Waals surface area contributed by atoms with Gasteiger partial charge in [0, 0.05) is 33.6 Å². The lowest BCUT2D eigenvalue weighted by Crippen LogP contribution is -2.41. The van der Waals surface area contributed by atoms with Crippen molar-refractivity contribution in [1.29, 1.82) is 0 Å². The van der Waals surface area contributed by atoms with Crippen LogP contribution in [0, 0.1) is 5.92 Å². The Morgan fingerprint density at radius 3 is 2.29 bits per heavy atom. The highest BCUT2D eigenvalue weighted by Crippen LogP contribution is 2.05. The van der Waals surface area contributed by atoms with Gasteiger partial charge in [-0.05, 0) is 12.3 Å². The van der Waals surface area contributed by atoms with Crippen LogP contribution >= 0.6 is 0 Å². The molecule has 1 N–H and O–H groups in total. The molecular formula is C12H24N2O3. The van der Waals surface area contributed by atoms with Gasteiger partial charge >= 0.3 is 12.0 Å². The van der Waals surface area contributed by atoms with E-state index < -0.39 is 5.97 Å². The van der Waals surface area contributed by atoms with Crippen LogP contribution in [0.2, 0.25) is 0 Å². The van der Waals surface area contributed by atoms with Gasteiger partial charge in [0.05, 0.1) is 0 Å². The van der Waals surface area contributed by atoms with Gasteiger partial charge in [-0.15, -0.1) is 0 Å². The van der Waals surface area contributed by atoms with Gasteiger partial charge in [-0.3, -0.25) is 4.79 Å². The summed E-state index contributed by atoms with van der Waals surface area (Å²) in [5.74, 6) is -0.338. The molecule has 17 heavy (non-hydrogen) atoms. The lowest BCUT2D eigenvalue weighted by atomic mass is 10.1. The van der Waals surface area contributed by atoms with Crippen molar-refractivity contribution in [3.8, 4) is 0 Å². The summed E-state index contributed by atoms with van der Waals surface area (Å²) in [5.41, 5.74) is 0. The predicted molar refractivity (Wildman–Crippen MR) is 67.0 cm³/mol. The third-order valence-electron chi connectivity index (χ3n) is 2.82. The molecule has 5 nitrogen and oxygen atoms in total. The minimum atomic E-state index is -0.821. The van der Waals surface area contributed by atoms with Gasteiger partial charge in [0.2, 0.25) is 0 Å². The van der Waals surface area contributed by atoms with Gasteiger partial charge in [0.25, 0.3) is 0 Å². The van der Waals surface area contributed by atoms with E-state index in [0.29, 0.717) is 18.9 Å². The van der Waals surface area contributed by atoms with Crippen molar-refractivity contribution in [2.24, 2.45) is 5.92 Å². The summed E-state index contributed by atoms with van der Waals surface area (Å²) in [6.07, 6.45) is 1.64. The molecule has 0 aromatic heterocycles. The zero-order valence-corrected chi connectivity index (χ0v) is 11.3. The molecule has 0 saturated heterocycles. The van der Waals surface area contributed by atoms with Crippen LogP contribution in [-0.2, 0) is 4.79 Å². The van der Waals surface area contributed by atoms with E-state index in [-0.39, 0.29) is 12.5 Å². The molecule has 0 spiro atoms. The average Bonchev–Trinajstić information content (AvgIpc) is 2.26. The van der Waals surface area contributed by atoms with Crippen LogP contribution in [-0.4, -0.2) is 54.1 Å². The molecule has 0 saturated carbocycles. The largest absolute Gasteiger partial charge is 0.481 e. The molecular weight excluding hydrogens is 220 g/mol. The molecule has 1 unspecified atom stereocenters. The van der Waals surface area contributed by atoms with E-state index in [9.17, 15) is 9.59 Å². The molecule has 0 aromatic rings. The van der Waals surface area contributed by atoms with E-state index in [1.165, 1.54) is 0 Å². The van der Waals surface area contributed by atoms with E-state index in [1.807, 2.05) is 0 Å². The van der Waals surface area contributed by atoms with Crippen molar-refractivity contribution >= 4 is 12.0 Å². The Balaban J connectivity index is 3.98. The summed E-state index contributed by atoms with van der Waals surface area (Å²) in [4.78, 5) is 25.5. The van der Waals surface area contributed by atoms with Crippen LogP contribution in [0.15, 0.2) is 0 Å². The quantitative estimate of drug-likeness (QED) is 0.744. The number of carboxylic acids is 1. The standard InChI is InChI=1S/C12H24N2O3/c1-5-10(2)9-14(4)12(17)13(3)8-6-7-11(15)16/h10H,5-9H2,1-4H3,(H,15,16). The van der Waals surface area contributed by atoms with E-state index >= 15 is 0 Å². The zero-order valence-electron chi connectivity index (χ0n) is 11.3. The molecule has 0 heterocycles. The highest BCUT2D eigenvalue weighted by atomic mass is 16.4. The first-order valence-corrected chi connectivity index (χ1v) is 6.06. The fourth-order valence-electron chi connectivity index (χ4n) is 1.53. The summed E-state index contributed by atoms with van der Waals surface area (Å²) < 4.78 is 0. The number of hydrogen-bond donors (Lipinski definition) is 1. The summed E-state index contributed by atoms with van der Waals surface area (Å²) >= 11 is 0. The third-order valence-corrected chi connectivity index (χ3v) is 2.82. The normalized spacial score (nSPS) is 12.0. The fourth-order valence-corrected chi connectivity index (χ4v) is 1.53. The van der Waals surface area contributed by atoms with E-state index in [2.05, 4.69) is 13.8 Å². The number of aliphatic carboxylic acids is 1. The number of carboxylic acid groups (broad SMARTS) is 1. The van der Waals surface area contributed by atoms with Crippen molar-refractivity contribution in [2.75, 3.05) is 27.2 Å². The summed E-state index contributed by atoms with van der Waals surface area (Å²) in [6.45, 7) is 5.42. The Bertz CT molecular complexity index is 256. The number of rotatable bonds is 7. The number of amides is 2. The van der Waals surface area contributed by atoms with E-state index in [4.69, 9.17) is 5.11 Å².